The number of hydrogen-bond acceptors (Lipinski definition) is 8. The Bertz CT molecular complexity index is 1600. The number of anilines is 2. The normalized spacial score (nSPS) is 23.9. The first-order valence-electron chi connectivity index (χ1n) is 12.6. The minimum Gasteiger partial charge on any atom is -0.454 e. The minimum absolute atomic E-state index is 0.0640. The molecule has 7 rings (SSSR count). The van der Waals surface area contributed by atoms with Crippen molar-refractivity contribution in [3.63, 3.8) is 0 Å². The highest BCUT2D eigenvalue weighted by Crippen LogP contribution is 2.50. The van der Waals surface area contributed by atoms with Crippen LogP contribution in [0.15, 0.2) is 72.8 Å². The number of hydrogen-bond donors (Lipinski definition) is 0. The molecule has 2 fully saturated rings. The highest BCUT2D eigenvalue weighted by Gasteiger charge is 2.65. The molecular weight excluding hydrogens is 500 g/mol. The first kappa shape index (κ1) is 23.2. The third-order valence-electron chi connectivity index (χ3n) is 7.75. The summed E-state index contributed by atoms with van der Waals surface area (Å²) in [5.74, 6) is -2.14. The van der Waals surface area contributed by atoms with Crippen molar-refractivity contribution in [3.05, 3.63) is 83.9 Å². The molecule has 2 amide bonds. The number of fused-ring (bicyclic) bond motifs is 6. The molecule has 0 radical (unpaired) electrons. The Kier molecular flexibility index (Phi) is 5.09. The van der Waals surface area contributed by atoms with Gasteiger partial charge >= 0.3 is 5.97 Å². The van der Waals surface area contributed by atoms with E-state index in [0.29, 0.717) is 22.7 Å². The number of rotatable bonds is 4. The van der Waals surface area contributed by atoms with Gasteiger partial charge < -0.3 is 19.1 Å². The van der Waals surface area contributed by atoms with Crippen molar-refractivity contribution in [2.45, 2.75) is 19.0 Å². The standard InChI is InChI=1S/C30H22N2O7/c1-16(33)17-6-10-20(11-7-17)39-30(36)27-26-25(22-12-8-18-4-2-3-5-21(18)32(22)27)28(34)31(29(26)35)19-9-13-23-24(14-19)38-15-37-23/h2-14,22,25-27H,15H2,1H3/t22-,25-,26-,27+/m0/s1. The highest BCUT2D eigenvalue weighted by atomic mass is 16.7. The van der Waals surface area contributed by atoms with Crippen molar-refractivity contribution in [1.82, 2.24) is 0 Å². The molecular formula is C30H22N2O7. The average molecular weight is 523 g/mol. The van der Waals surface area contributed by atoms with Crippen LogP contribution in [-0.4, -0.2) is 42.4 Å². The quantitative estimate of drug-likeness (QED) is 0.222. The molecule has 0 bridgehead atoms. The Balaban J connectivity index is 1.28. The Labute approximate surface area is 223 Å². The van der Waals surface area contributed by atoms with E-state index in [1.165, 1.54) is 6.92 Å². The summed E-state index contributed by atoms with van der Waals surface area (Å²) in [4.78, 5) is 56.3. The fraction of sp³-hybridized carbons (Fsp3) is 0.200. The van der Waals surface area contributed by atoms with Gasteiger partial charge in [0.05, 0.1) is 23.6 Å². The van der Waals surface area contributed by atoms with Crippen LogP contribution in [0.2, 0.25) is 0 Å². The van der Waals surface area contributed by atoms with Gasteiger partial charge in [-0.15, -0.1) is 0 Å². The molecule has 2 saturated heterocycles. The molecule has 4 atom stereocenters. The van der Waals surface area contributed by atoms with E-state index in [1.54, 1.807) is 42.5 Å². The summed E-state index contributed by atoms with van der Waals surface area (Å²) >= 11 is 0. The number of amides is 2. The Morgan fingerprint density at radius 3 is 2.44 bits per heavy atom. The number of ketones is 1. The lowest BCUT2D eigenvalue weighted by Gasteiger charge is -2.36. The number of nitrogens with zero attached hydrogens (tertiary/aromatic N) is 2. The molecule has 9 nitrogen and oxygen atoms in total. The zero-order valence-corrected chi connectivity index (χ0v) is 20.8. The molecule has 9 heteroatoms. The molecule has 0 saturated carbocycles. The third-order valence-corrected chi connectivity index (χ3v) is 7.75. The minimum atomic E-state index is -1.05. The van der Waals surface area contributed by atoms with Crippen LogP contribution in [0.4, 0.5) is 11.4 Å². The number of ether oxygens (including phenoxy) is 3. The SMILES string of the molecule is CC(=O)c1ccc(OC(=O)[C@H]2[C@H]3C(=O)N(c4ccc5c(c4)OCO5)C(=O)[C@H]3[C@@H]3C=Cc4ccccc4N32)cc1. The maximum absolute atomic E-state index is 14.0. The number of imide groups is 1. The molecule has 3 aromatic carbocycles. The molecule has 0 aromatic heterocycles. The fourth-order valence-corrected chi connectivity index (χ4v) is 6.00. The van der Waals surface area contributed by atoms with Gasteiger partial charge in [-0.1, -0.05) is 30.4 Å². The summed E-state index contributed by atoms with van der Waals surface area (Å²) in [6, 6.07) is 17.1. The number of benzene rings is 3. The largest absolute Gasteiger partial charge is 0.454 e. The second kappa shape index (κ2) is 8.56. The summed E-state index contributed by atoms with van der Waals surface area (Å²) in [6.45, 7) is 1.52. The van der Waals surface area contributed by atoms with Crippen LogP contribution in [-0.2, 0) is 14.4 Å². The predicted molar refractivity (Wildman–Crippen MR) is 140 cm³/mol. The van der Waals surface area contributed by atoms with Crippen molar-refractivity contribution in [3.8, 4) is 17.2 Å². The first-order chi connectivity index (χ1) is 18.9. The van der Waals surface area contributed by atoms with Gasteiger partial charge in [-0.05, 0) is 55.0 Å². The van der Waals surface area contributed by atoms with E-state index in [1.807, 2.05) is 41.3 Å². The summed E-state index contributed by atoms with van der Waals surface area (Å²) in [5.41, 5.74) is 2.48. The van der Waals surface area contributed by atoms with Gasteiger partial charge in [0.2, 0.25) is 18.6 Å². The molecule has 4 aliphatic heterocycles. The number of carbonyl (C=O) groups excluding carboxylic acids is 4. The predicted octanol–water partition coefficient (Wildman–Crippen LogP) is 3.61. The van der Waals surface area contributed by atoms with Crippen molar-refractivity contribution in [1.29, 1.82) is 0 Å². The topological polar surface area (TPSA) is 102 Å². The van der Waals surface area contributed by atoms with E-state index >= 15 is 0 Å². The van der Waals surface area contributed by atoms with Gasteiger partial charge in [0.15, 0.2) is 17.3 Å². The van der Waals surface area contributed by atoms with Gasteiger partial charge in [-0.3, -0.25) is 14.4 Å². The van der Waals surface area contributed by atoms with E-state index in [4.69, 9.17) is 14.2 Å². The maximum atomic E-state index is 14.0. The van der Waals surface area contributed by atoms with Crippen LogP contribution in [0.3, 0.4) is 0 Å². The molecule has 194 valence electrons. The summed E-state index contributed by atoms with van der Waals surface area (Å²) < 4.78 is 16.6. The van der Waals surface area contributed by atoms with Crippen LogP contribution < -0.4 is 24.0 Å². The zero-order valence-electron chi connectivity index (χ0n) is 20.8. The second-order valence-electron chi connectivity index (χ2n) is 9.86. The van der Waals surface area contributed by atoms with Crippen LogP contribution >= 0.6 is 0 Å². The van der Waals surface area contributed by atoms with Gasteiger partial charge in [-0.25, -0.2) is 9.69 Å². The third kappa shape index (κ3) is 3.46. The molecule has 0 unspecified atom stereocenters. The monoisotopic (exact) mass is 522 g/mol. The van der Waals surface area contributed by atoms with E-state index in [0.717, 1.165) is 16.2 Å². The number of carbonyl (C=O) groups is 4. The number of para-hydroxylation sites is 1. The second-order valence-corrected chi connectivity index (χ2v) is 9.86. The van der Waals surface area contributed by atoms with E-state index < -0.39 is 35.8 Å². The molecule has 4 aliphatic rings. The molecule has 4 heterocycles. The Morgan fingerprint density at radius 2 is 1.64 bits per heavy atom. The average Bonchev–Trinajstić information content (AvgIpc) is 3.62. The van der Waals surface area contributed by atoms with Gasteiger partial charge in [0.1, 0.15) is 11.8 Å². The Morgan fingerprint density at radius 1 is 0.897 bits per heavy atom. The van der Waals surface area contributed by atoms with Gasteiger partial charge in [0, 0.05) is 17.3 Å². The summed E-state index contributed by atoms with van der Waals surface area (Å²) in [7, 11) is 0. The number of esters is 1. The van der Waals surface area contributed by atoms with Crippen LogP contribution in [0.5, 0.6) is 17.2 Å². The van der Waals surface area contributed by atoms with Crippen molar-refractivity contribution in [2.24, 2.45) is 11.8 Å². The molecule has 3 aromatic rings. The lowest BCUT2D eigenvalue weighted by atomic mass is 9.89. The zero-order chi connectivity index (χ0) is 26.8. The molecule has 0 N–H and O–H groups in total. The van der Waals surface area contributed by atoms with E-state index in [-0.39, 0.29) is 24.2 Å². The highest BCUT2D eigenvalue weighted by molar-refractivity contribution is 6.24. The molecule has 0 spiro atoms. The first-order valence-corrected chi connectivity index (χ1v) is 12.6. The van der Waals surface area contributed by atoms with Crippen LogP contribution in [0, 0.1) is 11.8 Å². The van der Waals surface area contributed by atoms with Crippen molar-refractivity contribution in [2.75, 3.05) is 16.6 Å². The number of Topliss-reactive ketones (excluding diaryl/α,β-unsaturated/α-hetero) is 1. The van der Waals surface area contributed by atoms with Gasteiger partial charge in [-0.2, -0.15) is 0 Å². The summed E-state index contributed by atoms with van der Waals surface area (Å²) in [5, 5.41) is 0. The van der Waals surface area contributed by atoms with Gasteiger partial charge in [0.25, 0.3) is 0 Å². The Hall–Kier alpha value is -4.92. The lowest BCUT2D eigenvalue weighted by Crippen LogP contribution is -2.50. The fourth-order valence-electron chi connectivity index (χ4n) is 6.00. The van der Waals surface area contributed by atoms with E-state index in [2.05, 4.69) is 0 Å². The van der Waals surface area contributed by atoms with E-state index in [9.17, 15) is 19.2 Å². The van der Waals surface area contributed by atoms with Crippen LogP contribution in [0.1, 0.15) is 22.8 Å². The molecule has 0 aliphatic carbocycles. The van der Waals surface area contributed by atoms with Crippen molar-refractivity contribution < 1.29 is 33.4 Å². The lowest BCUT2D eigenvalue weighted by molar-refractivity contribution is -0.139. The smallest absolute Gasteiger partial charge is 0.335 e. The maximum Gasteiger partial charge on any atom is 0.335 e. The van der Waals surface area contributed by atoms with Crippen molar-refractivity contribution >= 4 is 41.0 Å². The van der Waals surface area contributed by atoms with Crippen LogP contribution in [0.25, 0.3) is 6.08 Å². The summed E-state index contributed by atoms with van der Waals surface area (Å²) in [6.07, 6.45) is 3.80. The molecule has 39 heavy (non-hydrogen) atoms.